The number of sulfonamides is 1. The van der Waals surface area contributed by atoms with Crippen LogP contribution >= 0.6 is 0 Å². The van der Waals surface area contributed by atoms with Gasteiger partial charge in [-0.05, 0) is 52.9 Å². The van der Waals surface area contributed by atoms with Crippen LogP contribution in [0.4, 0.5) is 5.69 Å². The first kappa shape index (κ1) is 23.1. The average molecular weight is 453 g/mol. The molecule has 0 aromatic heterocycles. The number of aliphatic hydroxyl groups is 1. The van der Waals surface area contributed by atoms with Crippen molar-refractivity contribution in [3.63, 3.8) is 0 Å². The Morgan fingerprint density at radius 2 is 1.66 bits per heavy atom. The van der Waals surface area contributed by atoms with Crippen molar-refractivity contribution in [1.29, 1.82) is 0 Å². The number of benzene rings is 3. The lowest BCUT2D eigenvalue weighted by Crippen LogP contribution is -2.18. The van der Waals surface area contributed by atoms with Gasteiger partial charge in [0.15, 0.2) is 0 Å². The first-order valence-electron chi connectivity index (χ1n) is 10.0. The van der Waals surface area contributed by atoms with Crippen LogP contribution in [0.1, 0.15) is 22.8 Å². The fourth-order valence-electron chi connectivity index (χ4n) is 2.97. The minimum Gasteiger partial charge on any atom is -0.489 e. The molecule has 0 saturated carbocycles. The predicted octanol–water partition coefficient (Wildman–Crippen LogP) is 4.59. The highest BCUT2D eigenvalue weighted by atomic mass is 32.2. The zero-order valence-corrected chi connectivity index (χ0v) is 18.1. The number of hydrogen-bond acceptors (Lipinski definition) is 5. The second-order valence-electron chi connectivity index (χ2n) is 7.14. The van der Waals surface area contributed by atoms with Crippen LogP contribution in [0.3, 0.4) is 0 Å². The summed E-state index contributed by atoms with van der Waals surface area (Å²) in [6.07, 6.45) is -0.410. The Morgan fingerprint density at radius 1 is 0.969 bits per heavy atom. The van der Waals surface area contributed by atoms with Crippen LogP contribution in [-0.2, 0) is 23.1 Å². The van der Waals surface area contributed by atoms with E-state index in [2.05, 4.69) is 14.7 Å². The fraction of sp³-hybridized carbons (Fsp3) is 0.217. The molecule has 0 amide bonds. The van der Waals surface area contributed by atoms with Gasteiger partial charge in [-0.25, -0.2) is 8.42 Å². The van der Waals surface area contributed by atoms with Gasteiger partial charge in [-0.3, -0.25) is 4.72 Å². The van der Waals surface area contributed by atoms with Gasteiger partial charge in [-0.1, -0.05) is 59.7 Å². The Kier molecular flexibility index (Phi) is 8.10. The third kappa shape index (κ3) is 7.31. The van der Waals surface area contributed by atoms with E-state index in [1.54, 1.807) is 48.5 Å². The highest BCUT2D eigenvalue weighted by molar-refractivity contribution is 7.92. The number of azide groups is 1. The molecule has 3 aromatic carbocycles. The zero-order chi connectivity index (χ0) is 22.8. The van der Waals surface area contributed by atoms with E-state index in [-0.39, 0.29) is 12.3 Å². The molecule has 8 nitrogen and oxygen atoms in total. The molecule has 166 valence electrons. The maximum Gasteiger partial charge on any atom is 0.233 e. The number of anilines is 1. The normalized spacial score (nSPS) is 11.9. The molecule has 0 bridgehead atoms. The van der Waals surface area contributed by atoms with Crippen molar-refractivity contribution in [1.82, 2.24) is 0 Å². The standard InChI is InChI=1S/C23H24N4O4S/c24-27-25-16-23(28)20-8-12-22(13-9-20)31-17-19-6-10-21(11-7-19)26-32(29,30)15-14-18-4-2-1-3-5-18/h1-13,23,26,28H,14-17H2/t23-/m0/s1. The number of aliphatic hydroxyl groups excluding tert-OH is 1. The maximum atomic E-state index is 12.3. The molecule has 2 N–H and O–H groups in total. The van der Waals surface area contributed by atoms with E-state index < -0.39 is 16.1 Å². The second-order valence-corrected chi connectivity index (χ2v) is 8.98. The van der Waals surface area contributed by atoms with Crippen molar-refractivity contribution in [2.45, 2.75) is 19.1 Å². The van der Waals surface area contributed by atoms with Gasteiger partial charge in [0.2, 0.25) is 10.0 Å². The molecule has 32 heavy (non-hydrogen) atoms. The Hall–Kier alpha value is -3.52. The molecule has 1 atom stereocenters. The predicted molar refractivity (Wildman–Crippen MR) is 124 cm³/mol. The van der Waals surface area contributed by atoms with E-state index in [0.717, 1.165) is 11.1 Å². The Morgan fingerprint density at radius 3 is 2.31 bits per heavy atom. The summed E-state index contributed by atoms with van der Waals surface area (Å²) in [4.78, 5) is 2.63. The Labute approximate surface area is 187 Å². The first-order valence-corrected chi connectivity index (χ1v) is 11.7. The van der Waals surface area contributed by atoms with E-state index in [1.807, 2.05) is 30.3 Å². The first-order chi connectivity index (χ1) is 15.4. The van der Waals surface area contributed by atoms with Gasteiger partial charge in [0, 0.05) is 10.6 Å². The molecule has 0 unspecified atom stereocenters. The zero-order valence-electron chi connectivity index (χ0n) is 17.3. The van der Waals surface area contributed by atoms with Gasteiger partial charge in [0.25, 0.3) is 0 Å². The minimum atomic E-state index is -3.45. The van der Waals surface area contributed by atoms with E-state index in [0.29, 0.717) is 30.0 Å². The summed E-state index contributed by atoms with van der Waals surface area (Å²) >= 11 is 0. The fourth-order valence-corrected chi connectivity index (χ4v) is 4.07. The highest BCUT2D eigenvalue weighted by Gasteiger charge is 2.11. The van der Waals surface area contributed by atoms with E-state index >= 15 is 0 Å². The molecule has 9 heteroatoms. The quantitative estimate of drug-likeness (QED) is 0.251. The minimum absolute atomic E-state index is 0.00936. The lowest BCUT2D eigenvalue weighted by Gasteiger charge is -2.11. The van der Waals surface area contributed by atoms with Crippen LogP contribution in [0.25, 0.3) is 10.4 Å². The molecule has 0 fully saturated rings. The van der Waals surface area contributed by atoms with Crippen LogP contribution < -0.4 is 9.46 Å². The topological polar surface area (TPSA) is 124 Å². The molecular formula is C23H24N4O4S. The van der Waals surface area contributed by atoms with Crippen LogP contribution in [0.15, 0.2) is 84.0 Å². The molecule has 0 aliphatic carbocycles. The number of nitrogens with zero attached hydrogens (tertiary/aromatic N) is 3. The molecular weight excluding hydrogens is 428 g/mol. The number of ether oxygens (including phenoxy) is 1. The molecule has 0 aliphatic heterocycles. The van der Waals surface area contributed by atoms with Crippen molar-refractivity contribution in [2.75, 3.05) is 17.0 Å². The van der Waals surface area contributed by atoms with Gasteiger partial charge >= 0.3 is 0 Å². The number of hydrogen-bond donors (Lipinski definition) is 2. The van der Waals surface area contributed by atoms with Gasteiger partial charge in [-0.2, -0.15) is 0 Å². The van der Waals surface area contributed by atoms with Crippen LogP contribution in [0.2, 0.25) is 0 Å². The molecule has 0 aliphatic rings. The summed E-state index contributed by atoms with van der Waals surface area (Å²) in [6.45, 7) is 0.278. The Bertz CT molecular complexity index is 1140. The summed E-state index contributed by atoms with van der Waals surface area (Å²) in [5.41, 5.74) is 11.3. The third-order valence-electron chi connectivity index (χ3n) is 4.72. The third-order valence-corrected chi connectivity index (χ3v) is 6.01. The maximum absolute atomic E-state index is 12.3. The average Bonchev–Trinajstić information content (AvgIpc) is 2.81. The Balaban J connectivity index is 1.49. The van der Waals surface area contributed by atoms with Crippen LogP contribution in [0.5, 0.6) is 5.75 Å². The van der Waals surface area contributed by atoms with Crippen molar-refractivity contribution >= 4 is 15.7 Å². The summed E-state index contributed by atoms with van der Waals surface area (Å²) in [5, 5.41) is 13.3. The smallest absolute Gasteiger partial charge is 0.233 e. The van der Waals surface area contributed by atoms with E-state index in [1.165, 1.54) is 0 Å². The van der Waals surface area contributed by atoms with Gasteiger partial charge < -0.3 is 9.84 Å². The van der Waals surface area contributed by atoms with Crippen molar-refractivity contribution < 1.29 is 18.3 Å². The van der Waals surface area contributed by atoms with Gasteiger partial charge in [-0.15, -0.1) is 0 Å². The number of aryl methyl sites for hydroxylation is 1. The van der Waals surface area contributed by atoms with Gasteiger partial charge in [0.05, 0.1) is 18.4 Å². The van der Waals surface area contributed by atoms with Gasteiger partial charge in [0.1, 0.15) is 12.4 Å². The largest absolute Gasteiger partial charge is 0.489 e. The second kappa shape index (κ2) is 11.2. The van der Waals surface area contributed by atoms with Crippen molar-refractivity contribution in [3.05, 3.63) is 106 Å². The van der Waals surface area contributed by atoms with Crippen molar-refractivity contribution in [3.8, 4) is 5.75 Å². The summed E-state index contributed by atoms with van der Waals surface area (Å²) < 4.78 is 33.0. The summed E-state index contributed by atoms with van der Waals surface area (Å²) in [7, 11) is -3.45. The highest BCUT2D eigenvalue weighted by Crippen LogP contribution is 2.20. The van der Waals surface area contributed by atoms with E-state index in [9.17, 15) is 13.5 Å². The monoisotopic (exact) mass is 452 g/mol. The molecule has 3 aromatic rings. The van der Waals surface area contributed by atoms with Crippen molar-refractivity contribution in [2.24, 2.45) is 5.11 Å². The number of nitrogens with one attached hydrogen (secondary N) is 1. The molecule has 0 saturated heterocycles. The molecule has 3 rings (SSSR count). The lowest BCUT2D eigenvalue weighted by molar-refractivity contribution is 0.186. The molecule has 0 radical (unpaired) electrons. The summed E-state index contributed by atoms with van der Waals surface area (Å²) in [6, 6.07) is 23.4. The van der Waals surface area contributed by atoms with Crippen LogP contribution in [0, 0.1) is 0 Å². The van der Waals surface area contributed by atoms with Crippen LogP contribution in [-0.4, -0.2) is 25.8 Å². The van der Waals surface area contributed by atoms with E-state index in [4.69, 9.17) is 10.3 Å². The SMILES string of the molecule is [N-]=[N+]=NC[C@H](O)c1ccc(OCc2ccc(NS(=O)(=O)CCc3ccccc3)cc2)cc1. The molecule has 0 heterocycles. The number of rotatable bonds is 11. The lowest BCUT2D eigenvalue weighted by atomic mass is 10.1. The molecule has 0 spiro atoms. The summed E-state index contributed by atoms with van der Waals surface area (Å²) in [5.74, 6) is 0.630.